The van der Waals surface area contributed by atoms with Gasteiger partial charge in [0.2, 0.25) is 0 Å². The van der Waals surface area contributed by atoms with Gasteiger partial charge in [-0.15, -0.1) is 0 Å². The molecule has 2 rings (SSSR count). The fraction of sp³-hybridized carbons (Fsp3) is 0.647. The van der Waals surface area contributed by atoms with Crippen molar-refractivity contribution >= 4 is 5.69 Å². The van der Waals surface area contributed by atoms with Gasteiger partial charge in [0.1, 0.15) is 0 Å². The molecule has 2 N–H and O–H groups in total. The Hall–Kier alpha value is -1.02. The van der Waals surface area contributed by atoms with Crippen LogP contribution in [-0.4, -0.2) is 24.5 Å². The average molecular weight is 260 g/mol. The second-order valence-corrected chi connectivity index (χ2v) is 6.23. The number of nitrogens with zero attached hydrogens (tertiary/aromatic N) is 1. The normalized spacial score (nSPS) is 22.9. The largest absolute Gasteiger partial charge is 0.399 e. The van der Waals surface area contributed by atoms with E-state index >= 15 is 0 Å². The van der Waals surface area contributed by atoms with Gasteiger partial charge in [-0.05, 0) is 74.8 Å². The van der Waals surface area contributed by atoms with Crippen LogP contribution in [0.4, 0.5) is 5.69 Å². The quantitative estimate of drug-likeness (QED) is 0.832. The molecule has 1 heterocycles. The molecule has 1 aliphatic heterocycles. The fourth-order valence-electron chi connectivity index (χ4n) is 2.91. The van der Waals surface area contributed by atoms with Crippen molar-refractivity contribution in [1.82, 2.24) is 4.90 Å². The van der Waals surface area contributed by atoms with Crippen LogP contribution in [0.25, 0.3) is 0 Å². The number of nitrogens with two attached hydrogens (primary N) is 1. The Bertz CT molecular complexity index is 371. The highest BCUT2D eigenvalue weighted by molar-refractivity contribution is 5.40. The molecule has 0 spiro atoms. The molecule has 2 atom stereocenters. The number of hydrogen-bond donors (Lipinski definition) is 1. The van der Waals surface area contributed by atoms with E-state index in [0.29, 0.717) is 5.92 Å². The van der Waals surface area contributed by atoms with Crippen LogP contribution in [-0.2, 0) is 0 Å². The molecule has 1 fully saturated rings. The van der Waals surface area contributed by atoms with Gasteiger partial charge >= 0.3 is 0 Å². The molecule has 0 amide bonds. The number of anilines is 1. The molecule has 1 aromatic carbocycles. The van der Waals surface area contributed by atoms with Gasteiger partial charge in [0.15, 0.2) is 0 Å². The van der Waals surface area contributed by atoms with Crippen LogP contribution in [0.5, 0.6) is 0 Å². The van der Waals surface area contributed by atoms with Crippen LogP contribution < -0.4 is 5.73 Å². The van der Waals surface area contributed by atoms with E-state index in [2.05, 4.69) is 30.9 Å². The topological polar surface area (TPSA) is 29.3 Å². The standard InChI is InChI=1S/C17H28N2/c1-14-4-3-11-19(12-9-14)13-10-15(2)16-5-7-17(18)8-6-16/h5-8,14-15H,3-4,9-13,18H2,1-2H3. The summed E-state index contributed by atoms with van der Waals surface area (Å²) in [7, 11) is 0. The van der Waals surface area contributed by atoms with Crippen molar-refractivity contribution in [3.05, 3.63) is 29.8 Å². The Kier molecular flexibility index (Phi) is 5.26. The highest BCUT2D eigenvalue weighted by Crippen LogP contribution is 2.22. The van der Waals surface area contributed by atoms with Crippen molar-refractivity contribution in [2.24, 2.45) is 5.92 Å². The zero-order chi connectivity index (χ0) is 13.7. The first kappa shape index (κ1) is 14.4. The summed E-state index contributed by atoms with van der Waals surface area (Å²) in [6.45, 7) is 8.53. The summed E-state index contributed by atoms with van der Waals surface area (Å²) in [6, 6.07) is 8.37. The number of hydrogen-bond acceptors (Lipinski definition) is 2. The Morgan fingerprint density at radius 1 is 1.21 bits per heavy atom. The number of benzene rings is 1. The molecule has 0 radical (unpaired) electrons. The molecule has 0 saturated carbocycles. The van der Waals surface area contributed by atoms with Gasteiger partial charge in [-0.2, -0.15) is 0 Å². The Morgan fingerprint density at radius 3 is 2.68 bits per heavy atom. The van der Waals surface area contributed by atoms with Gasteiger partial charge in [-0.3, -0.25) is 0 Å². The monoisotopic (exact) mass is 260 g/mol. The number of rotatable bonds is 4. The van der Waals surface area contributed by atoms with E-state index < -0.39 is 0 Å². The third kappa shape index (κ3) is 4.54. The zero-order valence-electron chi connectivity index (χ0n) is 12.4. The molecule has 19 heavy (non-hydrogen) atoms. The van der Waals surface area contributed by atoms with E-state index in [1.54, 1.807) is 0 Å². The van der Waals surface area contributed by atoms with Crippen molar-refractivity contribution in [2.45, 2.75) is 45.4 Å². The predicted molar refractivity (Wildman–Crippen MR) is 83.3 cm³/mol. The van der Waals surface area contributed by atoms with Gasteiger partial charge in [-0.1, -0.05) is 26.0 Å². The maximum Gasteiger partial charge on any atom is 0.0314 e. The second-order valence-electron chi connectivity index (χ2n) is 6.23. The van der Waals surface area contributed by atoms with E-state index in [0.717, 1.165) is 11.6 Å². The Balaban J connectivity index is 1.79. The van der Waals surface area contributed by atoms with Gasteiger partial charge in [0, 0.05) is 5.69 Å². The van der Waals surface area contributed by atoms with E-state index in [4.69, 9.17) is 5.73 Å². The minimum atomic E-state index is 0.626. The summed E-state index contributed by atoms with van der Waals surface area (Å²) < 4.78 is 0. The first-order valence-electron chi connectivity index (χ1n) is 7.73. The smallest absolute Gasteiger partial charge is 0.0314 e. The lowest BCUT2D eigenvalue weighted by atomic mass is 9.97. The lowest BCUT2D eigenvalue weighted by Crippen LogP contribution is -2.26. The lowest BCUT2D eigenvalue weighted by molar-refractivity contribution is 0.272. The maximum atomic E-state index is 5.74. The first-order chi connectivity index (χ1) is 9.15. The van der Waals surface area contributed by atoms with Gasteiger partial charge in [-0.25, -0.2) is 0 Å². The van der Waals surface area contributed by atoms with E-state index in [1.807, 2.05) is 12.1 Å². The number of nitrogen functional groups attached to an aromatic ring is 1. The van der Waals surface area contributed by atoms with E-state index in [1.165, 1.54) is 50.9 Å². The van der Waals surface area contributed by atoms with Crippen molar-refractivity contribution < 1.29 is 0 Å². The van der Waals surface area contributed by atoms with Crippen molar-refractivity contribution in [1.29, 1.82) is 0 Å². The first-order valence-corrected chi connectivity index (χ1v) is 7.73. The van der Waals surface area contributed by atoms with Crippen LogP contribution >= 0.6 is 0 Å². The summed E-state index contributed by atoms with van der Waals surface area (Å²) in [6.07, 6.45) is 5.40. The highest BCUT2D eigenvalue weighted by atomic mass is 15.1. The third-order valence-electron chi connectivity index (χ3n) is 4.49. The van der Waals surface area contributed by atoms with Crippen molar-refractivity contribution in [3.63, 3.8) is 0 Å². The Labute approximate surface area is 118 Å². The van der Waals surface area contributed by atoms with Crippen LogP contribution in [0.2, 0.25) is 0 Å². The molecule has 0 aliphatic carbocycles. The van der Waals surface area contributed by atoms with E-state index in [-0.39, 0.29) is 0 Å². The van der Waals surface area contributed by atoms with Crippen LogP contribution in [0.15, 0.2) is 24.3 Å². The average Bonchev–Trinajstić information content (AvgIpc) is 2.61. The SMILES string of the molecule is CC1CCCN(CCC(C)c2ccc(N)cc2)CC1. The molecule has 0 bridgehead atoms. The summed E-state index contributed by atoms with van der Waals surface area (Å²) in [5, 5.41) is 0. The minimum absolute atomic E-state index is 0.626. The lowest BCUT2D eigenvalue weighted by Gasteiger charge is -2.22. The highest BCUT2D eigenvalue weighted by Gasteiger charge is 2.14. The van der Waals surface area contributed by atoms with Gasteiger partial charge < -0.3 is 10.6 Å². The summed E-state index contributed by atoms with van der Waals surface area (Å²) in [5.41, 5.74) is 8.01. The predicted octanol–water partition coefficient (Wildman–Crippen LogP) is 3.88. The Morgan fingerprint density at radius 2 is 1.95 bits per heavy atom. The third-order valence-corrected chi connectivity index (χ3v) is 4.49. The van der Waals surface area contributed by atoms with Crippen LogP contribution in [0.1, 0.15) is 51.0 Å². The van der Waals surface area contributed by atoms with Crippen LogP contribution in [0, 0.1) is 5.92 Å². The van der Waals surface area contributed by atoms with Crippen molar-refractivity contribution in [3.8, 4) is 0 Å². The molecule has 1 aromatic rings. The molecule has 2 unspecified atom stereocenters. The second kappa shape index (κ2) is 6.95. The fourth-order valence-corrected chi connectivity index (χ4v) is 2.91. The van der Waals surface area contributed by atoms with Gasteiger partial charge in [0.25, 0.3) is 0 Å². The summed E-state index contributed by atoms with van der Waals surface area (Å²) in [5.74, 6) is 1.54. The maximum absolute atomic E-state index is 5.74. The molecule has 2 heteroatoms. The summed E-state index contributed by atoms with van der Waals surface area (Å²) in [4.78, 5) is 2.65. The summed E-state index contributed by atoms with van der Waals surface area (Å²) >= 11 is 0. The zero-order valence-corrected chi connectivity index (χ0v) is 12.4. The van der Waals surface area contributed by atoms with Crippen molar-refractivity contribution in [2.75, 3.05) is 25.4 Å². The molecular formula is C17H28N2. The molecule has 106 valence electrons. The molecule has 1 aliphatic rings. The van der Waals surface area contributed by atoms with Crippen LogP contribution in [0.3, 0.4) is 0 Å². The minimum Gasteiger partial charge on any atom is -0.399 e. The van der Waals surface area contributed by atoms with Gasteiger partial charge in [0.05, 0.1) is 0 Å². The molecular weight excluding hydrogens is 232 g/mol. The molecule has 0 aromatic heterocycles. The molecule has 1 saturated heterocycles. The number of likely N-dealkylation sites (tertiary alicyclic amines) is 1. The molecule has 2 nitrogen and oxygen atoms in total. The van der Waals surface area contributed by atoms with E-state index in [9.17, 15) is 0 Å².